The summed E-state index contributed by atoms with van der Waals surface area (Å²) in [6.45, 7) is 0.785. The first kappa shape index (κ1) is 21.7. The van der Waals surface area contributed by atoms with Gasteiger partial charge in [0.15, 0.2) is 0 Å². The van der Waals surface area contributed by atoms with E-state index in [9.17, 15) is 14.4 Å². The van der Waals surface area contributed by atoms with Crippen LogP contribution in [-0.2, 0) is 16.0 Å². The zero-order chi connectivity index (χ0) is 23.5. The standard InChI is InChI=1S/C25H22N4O4S/c30-23(27-17-5-3-6-18(14-17)29-10-11-33-25(29)32)21(28-24(31)22-9-4-12-34-22)13-16-15-26-20-8-2-1-7-19(16)20/h1-9,12,14-15,21,26H,10-11,13H2,(H,27,30)(H,28,31). The number of amides is 3. The molecular weight excluding hydrogens is 452 g/mol. The third-order valence-electron chi connectivity index (χ3n) is 5.65. The molecule has 0 bridgehead atoms. The van der Waals surface area contributed by atoms with Crippen molar-refractivity contribution >= 4 is 51.5 Å². The Bertz CT molecular complexity index is 1350. The fraction of sp³-hybridized carbons (Fsp3) is 0.160. The van der Waals surface area contributed by atoms with Crippen LogP contribution in [0.1, 0.15) is 15.2 Å². The van der Waals surface area contributed by atoms with E-state index in [2.05, 4.69) is 15.6 Å². The maximum absolute atomic E-state index is 13.3. The van der Waals surface area contributed by atoms with Crippen molar-refractivity contribution < 1.29 is 19.1 Å². The Balaban J connectivity index is 1.38. The fourth-order valence-electron chi connectivity index (χ4n) is 3.98. The van der Waals surface area contributed by atoms with E-state index in [1.165, 1.54) is 16.2 Å². The molecule has 34 heavy (non-hydrogen) atoms. The highest BCUT2D eigenvalue weighted by Crippen LogP contribution is 2.24. The van der Waals surface area contributed by atoms with Crippen molar-refractivity contribution in [3.05, 3.63) is 82.7 Å². The Labute approximate surface area is 199 Å². The van der Waals surface area contributed by atoms with Gasteiger partial charge in [-0.15, -0.1) is 11.3 Å². The fourth-order valence-corrected chi connectivity index (χ4v) is 4.60. The number of carbonyl (C=O) groups is 3. The van der Waals surface area contributed by atoms with Gasteiger partial charge in [-0.3, -0.25) is 14.5 Å². The van der Waals surface area contributed by atoms with Gasteiger partial charge >= 0.3 is 6.09 Å². The lowest BCUT2D eigenvalue weighted by Crippen LogP contribution is -2.45. The van der Waals surface area contributed by atoms with Gasteiger partial charge in [-0.25, -0.2) is 4.79 Å². The molecule has 4 aromatic rings. The molecule has 1 saturated heterocycles. The maximum Gasteiger partial charge on any atom is 0.414 e. The highest BCUT2D eigenvalue weighted by molar-refractivity contribution is 7.12. The zero-order valence-electron chi connectivity index (χ0n) is 18.1. The van der Waals surface area contributed by atoms with Crippen LogP contribution in [-0.4, -0.2) is 42.1 Å². The van der Waals surface area contributed by atoms with Gasteiger partial charge in [0, 0.05) is 34.9 Å². The molecule has 5 rings (SSSR count). The summed E-state index contributed by atoms with van der Waals surface area (Å²) in [5.74, 6) is -0.653. The molecule has 3 N–H and O–H groups in total. The van der Waals surface area contributed by atoms with Crippen LogP contribution in [0.5, 0.6) is 0 Å². The quantitative estimate of drug-likeness (QED) is 0.374. The Morgan fingerprint density at radius 2 is 2.00 bits per heavy atom. The molecule has 1 unspecified atom stereocenters. The van der Waals surface area contributed by atoms with Crippen molar-refractivity contribution in [2.75, 3.05) is 23.4 Å². The lowest BCUT2D eigenvalue weighted by Gasteiger charge is -2.19. The smallest absolute Gasteiger partial charge is 0.414 e. The molecule has 1 fully saturated rings. The number of ether oxygens (including phenoxy) is 1. The monoisotopic (exact) mass is 474 g/mol. The molecule has 1 atom stereocenters. The number of aromatic amines is 1. The predicted molar refractivity (Wildman–Crippen MR) is 131 cm³/mol. The van der Waals surface area contributed by atoms with E-state index in [-0.39, 0.29) is 11.8 Å². The normalized spacial score (nSPS) is 14.1. The average Bonchev–Trinajstić information content (AvgIpc) is 3.60. The van der Waals surface area contributed by atoms with Crippen molar-refractivity contribution in [1.29, 1.82) is 0 Å². The minimum Gasteiger partial charge on any atom is -0.447 e. The van der Waals surface area contributed by atoms with Gasteiger partial charge in [0.1, 0.15) is 12.6 Å². The highest BCUT2D eigenvalue weighted by atomic mass is 32.1. The largest absolute Gasteiger partial charge is 0.447 e. The number of nitrogens with zero attached hydrogens (tertiary/aromatic N) is 1. The van der Waals surface area contributed by atoms with Gasteiger partial charge in [-0.2, -0.15) is 0 Å². The van der Waals surface area contributed by atoms with Crippen molar-refractivity contribution in [3.63, 3.8) is 0 Å². The Morgan fingerprint density at radius 3 is 2.79 bits per heavy atom. The molecule has 3 heterocycles. The molecule has 3 amide bonds. The van der Waals surface area contributed by atoms with Crippen LogP contribution in [0, 0.1) is 0 Å². The first-order valence-electron chi connectivity index (χ1n) is 10.8. The van der Waals surface area contributed by atoms with E-state index < -0.39 is 12.1 Å². The third-order valence-corrected chi connectivity index (χ3v) is 6.52. The van der Waals surface area contributed by atoms with E-state index in [0.717, 1.165) is 16.5 Å². The van der Waals surface area contributed by atoms with Crippen LogP contribution in [0.4, 0.5) is 16.2 Å². The lowest BCUT2D eigenvalue weighted by atomic mass is 10.0. The molecule has 172 valence electrons. The Morgan fingerprint density at radius 1 is 1.12 bits per heavy atom. The van der Waals surface area contributed by atoms with Gasteiger partial charge in [-0.1, -0.05) is 30.3 Å². The SMILES string of the molecule is O=C(NC(Cc1c[nH]c2ccccc12)C(=O)Nc1cccc(N2CCOC2=O)c1)c1cccs1. The summed E-state index contributed by atoms with van der Waals surface area (Å²) in [5, 5.41) is 8.59. The number of fused-ring (bicyclic) bond motifs is 1. The second kappa shape index (κ2) is 9.40. The minimum absolute atomic E-state index is 0.302. The second-order valence-corrected chi connectivity index (χ2v) is 8.82. The maximum atomic E-state index is 13.3. The Kier molecular flexibility index (Phi) is 6.01. The topological polar surface area (TPSA) is 104 Å². The van der Waals surface area contributed by atoms with E-state index in [1.54, 1.807) is 36.4 Å². The number of cyclic esters (lactones) is 1. The molecule has 0 spiro atoms. The van der Waals surface area contributed by atoms with E-state index in [4.69, 9.17) is 4.74 Å². The molecule has 2 aromatic carbocycles. The molecule has 9 heteroatoms. The number of thiophene rings is 1. The Hall–Kier alpha value is -4.11. The summed E-state index contributed by atoms with van der Waals surface area (Å²) < 4.78 is 5.00. The number of carbonyl (C=O) groups excluding carboxylic acids is 3. The van der Waals surface area contributed by atoms with E-state index in [1.807, 2.05) is 35.8 Å². The number of nitrogens with one attached hydrogen (secondary N) is 3. The lowest BCUT2D eigenvalue weighted by molar-refractivity contribution is -0.118. The van der Waals surface area contributed by atoms with Crippen LogP contribution < -0.4 is 15.5 Å². The van der Waals surface area contributed by atoms with Crippen LogP contribution in [0.15, 0.2) is 72.2 Å². The summed E-state index contributed by atoms with van der Waals surface area (Å²) in [6, 6.07) is 17.5. The zero-order valence-corrected chi connectivity index (χ0v) is 18.9. The second-order valence-electron chi connectivity index (χ2n) is 7.87. The van der Waals surface area contributed by atoms with E-state index >= 15 is 0 Å². The molecule has 0 radical (unpaired) electrons. The molecule has 1 aliphatic rings. The minimum atomic E-state index is -0.811. The summed E-state index contributed by atoms with van der Waals surface area (Å²) in [4.78, 5) is 43.3. The molecule has 1 aliphatic heterocycles. The van der Waals surface area contributed by atoms with Gasteiger partial charge in [0.2, 0.25) is 5.91 Å². The van der Waals surface area contributed by atoms with Gasteiger partial charge in [-0.05, 0) is 41.3 Å². The first-order chi connectivity index (χ1) is 16.6. The van der Waals surface area contributed by atoms with E-state index in [0.29, 0.717) is 35.8 Å². The number of benzene rings is 2. The highest BCUT2D eigenvalue weighted by Gasteiger charge is 2.26. The number of hydrogen-bond donors (Lipinski definition) is 3. The molecular formula is C25H22N4O4S. The molecule has 0 saturated carbocycles. The third kappa shape index (κ3) is 4.51. The molecule has 0 aliphatic carbocycles. The number of rotatable bonds is 7. The van der Waals surface area contributed by atoms with Gasteiger partial charge < -0.3 is 20.4 Å². The summed E-state index contributed by atoms with van der Waals surface area (Å²) in [7, 11) is 0. The predicted octanol–water partition coefficient (Wildman–Crippen LogP) is 4.17. The van der Waals surface area contributed by atoms with Crippen molar-refractivity contribution in [2.45, 2.75) is 12.5 Å². The number of aromatic nitrogens is 1. The number of H-pyrrole nitrogens is 1. The molecule has 2 aromatic heterocycles. The summed E-state index contributed by atoms with van der Waals surface area (Å²) in [6.07, 6.45) is 1.76. The van der Waals surface area contributed by atoms with Crippen LogP contribution in [0.2, 0.25) is 0 Å². The molecule has 8 nitrogen and oxygen atoms in total. The van der Waals surface area contributed by atoms with Crippen LogP contribution in [0.25, 0.3) is 10.9 Å². The van der Waals surface area contributed by atoms with Crippen molar-refractivity contribution in [1.82, 2.24) is 10.3 Å². The van der Waals surface area contributed by atoms with Crippen molar-refractivity contribution in [2.24, 2.45) is 0 Å². The number of anilines is 2. The number of hydrogen-bond acceptors (Lipinski definition) is 5. The van der Waals surface area contributed by atoms with Crippen LogP contribution in [0.3, 0.4) is 0 Å². The average molecular weight is 475 g/mol. The summed E-state index contributed by atoms with van der Waals surface area (Å²) in [5.41, 5.74) is 3.05. The van der Waals surface area contributed by atoms with Gasteiger partial charge in [0.05, 0.1) is 11.4 Å². The summed E-state index contributed by atoms with van der Waals surface area (Å²) >= 11 is 1.32. The van der Waals surface area contributed by atoms with Gasteiger partial charge in [0.25, 0.3) is 5.91 Å². The number of para-hydroxylation sites is 1. The first-order valence-corrected chi connectivity index (χ1v) is 11.7. The van der Waals surface area contributed by atoms with Crippen molar-refractivity contribution in [3.8, 4) is 0 Å². The van der Waals surface area contributed by atoms with Crippen LogP contribution >= 0.6 is 11.3 Å².